The van der Waals surface area contributed by atoms with E-state index in [1.807, 2.05) is 6.92 Å². The fraction of sp³-hybridized carbons (Fsp3) is 0.500. The predicted octanol–water partition coefficient (Wildman–Crippen LogP) is 3.39. The van der Waals surface area contributed by atoms with E-state index in [9.17, 15) is 8.78 Å². The molecule has 0 saturated heterocycles. The predicted molar refractivity (Wildman–Crippen MR) is 97.9 cm³/mol. The Hall–Kier alpha value is -0.870. The molecule has 0 aliphatic heterocycles. The highest BCUT2D eigenvalue weighted by molar-refractivity contribution is 14.0. The Kier molecular flexibility index (Phi) is 12.1. The fourth-order valence-electron chi connectivity index (χ4n) is 1.64. The number of hydrogen-bond acceptors (Lipinski definition) is 3. The van der Waals surface area contributed by atoms with Crippen LogP contribution in [0.2, 0.25) is 5.02 Å². The van der Waals surface area contributed by atoms with Crippen LogP contribution >= 0.6 is 35.6 Å². The van der Waals surface area contributed by atoms with E-state index in [0.717, 1.165) is 6.42 Å². The molecule has 23 heavy (non-hydrogen) atoms. The Bertz CT molecular complexity index is 493. The molecule has 0 aliphatic carbocycles. The van der Waals surface area contributed by atoms with Gasteiger partial charge in [0.1, 0.15) is 5.75 Å². The lowest BCUT2D eigenvalue weighted by molar-refractivity contribution is -0.0504. The van der Waals surface area contributed by atoms with E-state index in [2.05, 4.69) is 15.0 Å². The Labute approximate surface area is 156 Å². The van der Waals surface area contributed by atoms with Crippen molar-refractivity contribution in [3.63, 3.8) is 0 Å². The summed E-state index contributed by atoms with van der Waals surface area (Å²) in [7, 11) is 0. The van der Waals surface area contributed by atoms with Crippen LogP contribution in [0.1, 0.15) is 18.9 Å². The molecular weight excluding hydrogens is 443 g/mol. The first-order chi connectivity index (χ1) is 10.5. The maximum atomic E-state index is 12.3. The highest BCUT2D eigenvalue weighted by atomic mass is 127. The number of nitrogens with zero attached hydrogens (tertiary/aromatic N) is 1. The van der Waals surface area contributed by atoms with Gasteiger partial charge in [0.2, 0.25) is 0 Å². The molecule has 0 radical (unpaired) electrons. The maximum Gasteiger partial charge on any atom is 0.387 e. The Morgan fingerprint density at radius 3 is 2.83 bits per heavy atom. The Morgan fingerprint density at radius 1 is 1.43 bits per heavy atom. The maximum absolute atomic E-state index is 12.3. The van der Waals surface area contributed by atoms with Crippen molar-refractivity contribution in [1.29, 1.82) is 0 Å². The highest BCUT2D eigenvalue weighted by Gasteiger charge is 2.10. The van der Waals surface area contributed by atoms with Gasteiger partial charge in [0.25, 0.3) is 0 Å². The van der Waals surface area contributed by atoms with Crippen LogP contribution in [0.15, 0.2) is 23.2 Å². The molecule has 0 aromatic heterocycles. The highest BCUT2D eigenvalue weighted by Crippen LogP contribution is 2.25. The summed E-state index contributed by atoms with van der Waals surface area (Å²) in [5.74, 6) is 0.256. The third-order valence-electron chi connectivity index (χ3n) is 2.63. The fourth-order valence-corrected chi connectivity index (χ4v) is 1.84. The zero-order chi connectivity index (χ0) is 16.4. The molecule has 0 bridgehead atoms. The quantitative estimate of drug-likeness (QED) is 0.255. The third kappa shape index (κ3) is 9.77. The van der Waals surface area contributed by atoms with Gasteiger partial charge in [0, 0.05) is 30.3 Å². The Morgan fingerprint density at radius 2 is 2.17 bits per heavy atom. The first-order valence-electron chi connectivity index (χ1n) is 6.87. The minimum atomic E-state index is -2.90. The molecule has 0 aliphatic rings. The number of alkyl halides is 2. The molecule has 5 nitrogen and oxygen atoms in total. The molecule has 132 valence electrons. The first kappa shape index (κ1) is 22.1. The van der Waals surface area contributed by atoms with E-state index in [4.69, 9.17) is 22.1 Å². The summed E-state index contributed by atoms with van der Waals surface area (Å²) >= 11 is 5.85. The van der Waals surface area contributed by atoms with Gasteiger partial charge >= 0.3 is 6.61 Å². The number of benzene rings is 1. The van der Waals surface area contributed by atoms with Crippen LogP contribution in [-0.2, 0) is 11.3 Å². The van der Waals surface area contributed by atoms with Crippen LogP contribution in [0, 0.1) is 0 Å². The topological polar surface area (TPSA) is 68.9 Å². The van der Waals surface area contributed by atoms with Gasteiger partial charge in [-0.15, -0.1) is 24.0 Å². The molecular formula is C14H21ClF2IN3O2. The number of nitrogens with two attached hydrogens (primary N) is 1. The van der Waals surface area contributed by atoms with Crippen LogP contribution in [-0.4, -0.2) is 32.3 Å². The third-order valence-corrected chi connectivity index (χ3v) is 2.87. The number of halogens is 4. The summed E-state index contributed by atoms with van der Waals surface area (Å²) in [5.41, 5.74) is 6.14. The van der Waals surface area contributed by atoms with Gasteiger partial charge < -0.3 is 20.5 Å². The molecule has 3 N–H and O–H groups in total. The van der Waals surface area contributed by atoms with Gasteiger partial charge in [0.05, 0.1) is 6.54 Å². The summed E-state index contributed by atoms with van der Waals surface area (Å²) in [4.78, 5) is 4.08. The zero-order valence-electron chi connectivity index (χ0n) is 12.7. The minimum Gasteiger partial charge on any atom is -0.434 e. The largest absolute Gasteiger partial charge is 0.434 e. The lowest BCUT2D eigenvalue weighted by Crippen LogP contribution is -2.32. The number of aliphatic imine (C=N–C) groups is 1. The Balaban J connectivity index is 0.00000484. The van der Waals surface area contributed by atoms with Crippen LogP contribution in [0.5, 0.6) is 5.75 Å². The summed E-state index contributed by atoms with van der Waals surface area (Å²) in [6.07, 6.45) is 0.793. The van der Waals surface area contributed by atoms with E-state index in [1.165, 1.54) is 18.2 Å². The molecule has 0 unspecified atom stereocenters. The van der Waals surface area contributed by atoms with Gasteiger partial charge in [-0.2, -0.15) is 8.78 Å². The number of hydrogen-bond donors (Lipinski definition) is 2. The molecule has 0 fully saturated rings. The van der Waals surface area contributed by atoms with Crippen molar-refractivity contribution in [1.82, 2.24) is 5.32 Å². The SMILES string of the molecule is CCOCCCNC(N)=NCc1cc(Cl)ccc1OC(F)F.I. The molecule has 0 amide bonds. The number of nitrogens with one attached hydrogen (secondary N) is 1. The van der Waals surface area contributed by atoms with Crippen molar-refractivity contribution in [2.24, 2.45) is 10.7 Å². The second-order valence-corrected chi connectivity index (χ2v) is 4.75. The van der Waals surface area contributed by atoms with Crippen LogP contribution < -0.4 is 15.8 Å². The molecule has 0 spiro atoms. The second kappa shape index (κ2) is 12.5. The van der Waals surface area contributed by atoms with Gasteiger partial charge in [-0.25, -0.2) is 4.99 Å². The lowest BCUT2D eigenvalue weighted by Gasteiger charge is -2.10. The molecule has 0 atom stereocenters. The average Bonchev–Trinajstić information content (AvgIpc) is 2.47. The standard InChI is InChI=1S/C14H20ClF2N3O2.HI/c1-2-21-7-3-6-19-14(18)20-9-10-8-11(15)4-5-12(10)22-13(16)17;/h4-5,8,13H,2-3,6-7,9H2,1H3,(H3,18,19,20);1H. The summed E-state index contributed by atoms with van der Waals surface area (Å²) in [5, 5.41) is 3.32. The molecule has 0 saturated carbocycles. The minimum absolute atomic E-state index is 0. The summed E-state index contributed by atoms with van der Waals surface area (Å²) in [6.45, 7) is 1.03. The van der Waals surface area contributed by atoms with Gasteiger partial charge in [-0.3, -0.25) is 0 Å². The van der Waals surface area contributed by atoms with Crippen LogP contribution in [0.4, 0.5) is 8.78 Å². The van der Waals surface area contributed by atoms with E-state index < -0.39 is 6.61 Å². The number of rotatable bonds is 9. The zero-order valence-corrected chi connectivity index (χ0v) is 15.8. The monoisotopic (exact) mass is 463 g/mol. The van der Waals surface area contributed by atoms with E-state index in [0.29, 0.717) is 30.3 Å². The van der Waals surface area contributed by atoms with Crippen molar-refractivity contribution >= 4 is 41.5 Å². The molecule has 1 aromatic carbocycles. The van der Waals surface area contributed by atoms with E-state index in [-0.39, 0.29) is 42.2 Å². The van der Waals surface area contributed by atoms with Gasteiger partial charge in [-0.05, 0) is 31.5 Å². The van der Waals surface area contributed by atoms with Crippen LogP contribution in [0.25, 0.3) is 0 Å². The number of guanidine groups is 1. The van der Waals surface area contributed by atoms with Crippen molar-refractivity contribution in [2.45, 2.75) is 26.5 Å². The summed E-state index contributed by atoms with van der Waals surface area (Å²) in [6, 6.07) is 4.37. The summed E-state index contributed by atoms with van der Waals surface area (Å²) < 4.78 is 34.3. The van der Waals surface area contributed by atoms with Crippen molar-refractivity contribution in [2.75, 3.05) is 19.8 Å². The van der Waals surface area contributed by atoms with Crippen molar-refractivity contribution < 1.29 is 18.3 Å². The van der Waals surface area contributed by atoms with E-state index >= 15 is 0 Å². The first-order valence-corrected chi connectivity index (χ1v) is 7.25. The number of ether oxygens (including phenoxy) is 2. The normalized spacial score (nSPS) is 11.3. The smallest absolute Gasteiger partial charge is 0.387 e. The van der Waals surface area contributed by atoms with Crippen molar-refractivity contribution in [3.8, 4) is 5.75 Å². The molecule has 9 heteroatoms. The molecule has 0 heterocycles. The van der Waals surface area contributed by atoms with Gasteiger partial charge in [0.15, 0.2) is 5.96 Å². The molecule has 1 aromatic rings. The average molecular weight is 464 g/mol. The molecule has 1 rings (SSSR count). The second-order valence-electron chi connectivity index (χ2n) is 4.31. The lowest BCUT2D eigenvalue weighted by atomic mass is 10.2. The van der Waals surface area contributed by atoms with Crippen LogP contribution in [0.3, 0.4) is 0 Å². The van der Waals surface area contributed by atoms with Crippen molar-refractivity contribution in [3.05, 3.63) is 28.8 Å². The van der Waals surface area contributed by atoms with E-state index in [1.54, 1.807) is 0 Å². The van der Waals surface area contributed by atoms with Gasteiger partial charge in [-0.1, -0.05) is 11.6 Å².